The van der Waals surface area contributed by atoms with Crippen LogP contribution >= 0.6 is 36.2 Å². The normalized spacial score (nSPS) is 15.6. The predicted octanol–water partition coefficient (Wildman–Crippen LogP) is 1.70. The first-order valence-corrected chi connectivity index (χ1v) is 5.06. The number of halogens is 2. The Labute approximate surface area is 101 Å². The average molecular weight is 256 g/mol. The summed E-state index contributed by atoms with van der Waals surface area (Å²) in [6, 6.07) is 0. The molecule has 0 amide bonds. The Morgan fingerprint density at radius 3 is 2.50 bits per heavy atom. The molecule has 0 aromatic carbocycles. The van der Waals surface area contributed by atoms with E-state index in [1.54, 1.807) is 11.3 Å². The third-order valence-electron chi connectivity index (χ3n) is 2.00. The third kappa shape index (κ3) is 3.28. The van der Waals surface area contributed by atoms with Crippen LogP contribution in [0.5, 0.6) is 0 Å². The molecule has 3 nitrogen and oxygen atoms in total. The Morgan fingerprint density at radius 1 is 1.36 bits per heavy atom. The Hall–Kier alpha value is -0.0300. The van der Waals surface area contributed by atoms with E-state index in [1.807, 2.05) is 6.20 Å². The van der Waals surface area contributed by atoms with E-state index in [4.69, 9.17) is 0 Å². The molecular formula is C8H15Cl2N3S. The molecule has 14 heavy (non-hydrogen) atoms. The maximum Gasteiger partial charge on any atom is 0.185 e. The largest absolute Gasteiger partial charge is 0.346 e. The van der Waals surface area contributed by atoms with Crippen LogP contribution in [0.25, 0.3) is 0 Å². The van der Waals surface area contributed by atoms with Gasteiger partial charge in [-0.3, -0.25) is 0 Å². The number of aryl methyl sites for hydroxylation is 1. The molecule has 1 fully saturated rings. The fraction of sp³-hybridized carbons (Fsp3) is 0.625. The van der Waals surface area contributed by atoms with Gasteiger partial charge in [0.15, 0.2) is 5.13 Å². The Kier molecular flexibility index (Phi) is 6.44. The van der Waals surface area contributed by atoms with E-state index in [2.05, 4.69) is 22.1 Å². The number of anilines is 1. The summed E-state index contributed by atoms with van der Waals surface area (Å²) >= 11 is 1.78. The van der Waals surface area contributed by atoms with Gasteiger partial charge < -0.3 is 10.2 Å². The smallest absolute Gasteiger partial charge is 0.185 e. The molecule has 1 aliphatic rings. The number of hydrogen-bond acceptors (Lipinski definition) is 4. The second-order valence-corrected chi connectivity index (χ2v) is 4.20. The van der Waals surface area contributed by atoms with Gasteiger partial charge in [0.2, 0.25) is 0 Å². The molecule has 0 radical (unpaired) electrons. The SMILES string of the molecule is Cc1cnc(N2CCNCC2)s1.Cl.Cl. The molecule has 0 bridgehead atoms. The van der Waals surface area contributed by atoms with Gasteiger partial charge in [0, 0.05) is 37.3 Å². The van der Waals surface area contributed by atoms with Gasteiger partial charge in [-0.15, -0.1) is 36.2 Å². The molecule has 1 N–H and O–H groups in total. The first-order chi connectivity index (χ1) is 5.86. The average Bonchev–Trinajstić information content (AvgIpc) is 2.54. The van der Waals surface area contributed by atoms with Crippen LogP contribution in [0, 0.1) is 6.92 Å². The van der Waals surface area contributed by atoms with E-state index in [0.29, 0.717) is 0 Å². The molecule has 1 aromatic heterocycles. The highest BCUT2D eigenvalue weighted by atomic mass is 35.5. The summed E-state index contributed by atoms with van der Waals surface area (Å²) in [6.45, 7) is 6.44. The van der Waals surface area contributed by atoms with E-state index in [0.717, 1.165) is 26.2 Å². The molecule has 0 saturated carbocycles. The van der Waals surface area contributed by atoms with Gasteiger partial charge in [-0.05, 0) is 6.92 Å². The van der Waals surface area contributed by atoms with E-state index >= 15 is 0 Å². The number of piperazine rings is 1. The molecule has 6 heteroatoms. The van der Waals surface area contributed by atoms with Crippen molar-refractivity contribution in [3.8, 4) is 0 Å². The van der Waals surface area contributed by atoms with Crippen molar-refractivity contribution in [3.05, 3.63) is 11.1 Å². The number of thiazole rings is 1. The van der Waals surface area contributed by atoms with E-state index in [-0.39, 0.29) is 24.8 Å². The minimum absolute atomic E-state index is 0. The molecular weight excluding hydrogens is 241 g/mol. The van der Waals surface area contributed by atoms with Crippen LogP contribution in [0.15, 0.2) is 6.20 Å². The summed E-state index contributed by atoms with van der Waals surface area (Å²) in [5.74, 6) is 0. The first-order valence-electron chi connectivity index (χ1n) is 4.24. The molecule has 82 valence electrons. The van der Waals surface area contributed by atoms with Crippen LogP contribution in [0.3, 0.4) is 0 Å². The van der Waals surface area contributed by atoms with Crippen molar-refractivity contribution in [1.82, 2.24) is 10.3 Å². The topological polar surface area (TPSA) is 28.2 Å². The number of nitrogens with zero attached hydrogens (tertiary/aromatic N) is 2. The van der Waals surface area contributed by atoms with Crippen molar-refractivity contribution in [3.63, 3.8) is 0 Å². The quantitative estimate of drug-likeness (QED) is 0.829. The van der Waals surface area contributed by atoms with Crippen LogP contribution in [0.4, 0.5) is 5.13 Å². The maximum absolute atomic E-state index is 4.36. The van der Waals surface area contributed by atoms with Crippen molar-refractivity contribution >= 4 is 41.3 Å². The molecule has 2 heterocycles. The number of nitrogens with one attached hydrogen (secondary N) is 1. The maximum atomic E-state index is 4.36. The summed E-state index contributed by atoms with van der Waals surface area (Å²) in [5.41, 5.74) is 0. The highest BCUT2D eigenvalue weighted by molar-refractivity contribution is 7.15. The standard InChI is InChI=1S/C8H13N3S.2ClH/c1-7-6-10-8(12-7)11-4-2-9-3-5-11;;/h6,9H,2-5H2,1H3;2*1H. The molecule has 0 atom stereocenters. The van der Waals surface area contributed by atoms with Crippen LogP contribution < -0.4 is 10.2 Å². The minimum atomic E-state index is 0. The Bertz CT molecular complexity index is 261. The highest BCUT2D eigenvalue weighted by Crippen LogP contribution is 2.21. The number of aromatic nitrogens is 1. The van der Waals surface area contributed by atoms with E-state index in [9.17, 15) is 0 Å². The molecule has 1 saturated heterocycles. The van der Waals surface area contributed by atoms with Crippen LogP contribution in [0.1, 0.15) is 4.88 Å². The van der Waals surface area contributed by atoms with Crippen molar-refractivity contribution in [2.45, 2.75) is 6.92 Å². The third-order valence-corrected chi connectivity index (χ3v) is 2.97. The molecule has 0 unspecified atom stereocenters. The van der Waals surface area contributed by atoms with Crippen molar-refractivity contribution in [2.24, 2.45) is 0 Å². The Balaban J connectivity index is 0.000000845. The fourth-order valence-electron chi connectivity index (χ4n) is 1.35. The van der Waals surface area contributed by atoms with Gasteiger partial charge in [-0.1, -0.05) is 0 Å². The van der Waals surface area contributed by atoms with Crippen molar-refractivity contribution in [2.75, 3.05) is 31.1 Å². The first kappa shape index (κ1) is 14.0. The van der Waals surface area contributed by atoms with Crippen LogP contribution in [0.2, 0.25) is 0 Å². The van der Waals surface area contributed by atoms with Gasteiger partial charge in [-0.25, -0.2) is 4.98 Å². The molecule has 1 aromatic rings. The van der Waals surface area contributed by atoms with E-state index in [1.165, 1.54) is 10.0 Å². The minimum Gasteiger partial charge on any atom is -0.346 e. The lowest BCUT2D eigenvalue weighted by Gasteiger charge is -2.26. The zero-order valence-electron chi connectivity index (χ0n) is 8.02. The summed E-state index contributed by atoms with van der Waals surface area (Å²) in [5, 5.41) is 4.50. The highest BCUT2D eigenvalue weighted by Gasteiger charge is 2.12. The van der Waals surface area contributed by atoms with Gasteiger partial charge in [0.1, 0.15) is 0 Å². The second kappa shape index (κ2) is 6.45. The van der Waals surface area contributed by atoms with Crippen LogP contribution in [-0.2, 0) is 0 Å². The summed E-state index contributed by atoms with van der Waals surface area (Å²) < 4.78 is 0. The fourth-order valence-corrected chi connectivity index (χ4v) is 2.16. The number of rotatable bonds is 1. The van der Waals surface area contributed by atoms with Crippen LogP contribution in [-0.4, -0.2) is 31.2 Å². The lowest BCUT2D eigenvalue weighted by atomic mass is 10.4. The zero-order chi connectivity index (χ0) is 8.39. The summed E-state index contributed by atoms with van der Waals surface area (Å²) in [6.07, 6.45) is 1.95. The van der Waals surface area contributed by atoms with Crippen molar-refractivity contribution in [1.29, 1.82) is 0 Å². The molecule has 0 spiro atoms. The van der Waals surface area contributed by atoms with Crippen molar-refractivity contribution < 1.29 is 0 Å². The molecule has 1 aliphatic heterocycles. The lowest BCUT2D eigenvalue weighted by molar-refractivity contribution is 0.588. The Morgan fingerprint density at radius 2 is 2.00 bits per heavy atom. The zero-order valence-corrected chi connectivity index (χ0v) is 10.5. The predicted molar refractivity (Wildman–Crippen MR) is 66.4 cm³/mol. The van der Waals surface area contributed by atoms with Gasteiger partial charge in [0.05, 0.1) is 0 Å². The van der Waals surface area contributed by atoms with Gasteiger partial charge in [-0.2, -0.15) is 0 Å². The summed E-state index contributed by atoms with van der Waals surface area (Å²) in [7, 11) is 0. The lowest BCUT2D eigenvalue weighted by Crippen LogP contribution is -2.43. The van der Waals surface area contributed by atoms with E-state index < -0.39 is 0 Å². The second-order valence-electron chi connectivity index (χ2n) is 2.99. The van der Waals surface area contributed by atoms with Gasteiger partial charge >= 0.3 is 0 Å². The molecule has 0 aliphatic carbocycles. The monoisotopic (exact) mass is 255 g/mol. The number of hydrogen-bond donors (Lipinski definition) is 1. The molecule has 2 rings (SSSR count). The summed E-state index contributed by atoms with van der Waals surface area (Å²) in [4.78, 5) is 7.99. The van der Waals surface area contributed by atoms with Gasteiger partial charge in [0.25, 0.3) is 0 Å².